The molecule has 0 N–H and O–H groups in total. The standard InChI is InChI=1S/C19H19Cl2NOS/c20-17-8-7-14(11-18(17)21)13-23-16-6-4-5-15(12-16)19(24)22-9-2-1-3-10-22/h4-8,11-12H,1-3,9-10,13H2. The molecule has 2 aromatic carbocycles. The van der Waals surface area contributed by atoms with Gasteiger partial charge in [0.05, 0.1) is 10.0 Å². The molecular formula is C19H19Cl2NOS. The summed E-state index contributed by atoms with van der Waals surface area (Å²) in [6.07, 6.45) is 3.73. The zero-order valence-electron chi connectivity index (χ0n) is 13.3. The number of rotatable bonds is 4. The molecule has 1 saturated heterocycles. The van der Waals surface area contributed by atoms with E-state index in [9.17, 15) is 0 Å². The Balaban J connectivity index is 1.66. The summed E-state index contributed by atoms with van der Waals surface area (Å²) in [5.41, 5.74) is 2.02. The molecule has 1 heterocycles. The zero-order chi connectivity index (χ0) is 16.9. The number of thiocarbonyl (C=S) groups is 1. The first-order valence-corrected chi connectivity index (χ1v) is 9.26. The summed E-state index contributed by atoms with van der Waals surface area (Å²) in [6, 6.07) is 13.5. The fraction of sp³-hybridized carbons (Fsp3) is 0.316. The van der Waals surface area contributed by atoms with Gasteiger partial charge < -0.3 is 9.64 Å². The van der Waals surface area contributed by atoms with Gasteiger partial charge in [0.25, 0.3) is 0 Å². The predicted molar refractivity (Wildman–Crippen MR) is 104 cm³/mol. The van der Waals surface area contributed by atoms with Crippen molar-refractivity contribution >= 4 is 40.4 Å². The van der Waals surface area contributed by atoms with E-state index in [0.717, 1.165) is 35.0 Å². The molecule has 126 valence electrons. The SMILES string of the molecule is S=C(c1cccc(OCc2ccc(Cl)c(Cl)c2)c1)N1CCCCC1. The third-order valence-corrected chi connectivity index (χ3v) is 5.35. The number of piperidine rings is 1. The van der Waals surface area contributed by atoms with Gasteiger partial charge in [-0.2, -0.15) is 0 Å². The van der Waals surface area contributed by atoms with Gasteiger partial charge >= 0.3 is 0 Å². The molecule has 0 bridgehead atoms. The molecule has 5 heteroatoms. The van der Waals surface area contributed by atoms with Gasteiger partial charge in [0.2, 0.25) is 0 Å². The number of likely N-dealkylation sites (tertiary alicyclic amines) is 1. The van der Waals surface area contributed by atoms with E-state index in [1.165, 1.54) is 19.3 Å². The minimum Gasteiger partial charge on any atom is -0.489 e. The summed E-state index contributed by atoms with van der Waals surface area (Å²) < 4.78 is 5.89. The van der Waals surface area contributed by atoms with Crippen molar-refractivity contribution in [1.82, 2.24) is 4.90 Å². The van der Waals surface area contributed by atoms with Gasteiger partial charge in [-0.15, -0.1) is 0 Å². The molecule has 0 unspecified atom stereocenters. The minimum absolute atomic E-state index is 0.441. The monoisotopic (exact) mass is 379 g/mol. The van der Waals surface area contributed by atoms with E-state index in [4.69, 9.17) is 40.2 Å². The van der Waals surface area contributed by atoms with E-state index in [0.29, 0.717) is 16.7 Å². The van der Waals surface area contributed by atoms with E-state index < -0.39 is 0 Å². The zero-order valence-corrected chi connectivity index (χ0v) is 15.6. The quantitative estimate of drug-likeness (QED) is 0.628. The second-order valence-corrected chi connectivity index (χ2v) is 7.12. The molecule has 3 rings (SSSR count). The molecule has 0 atom stereocenters. The molecule has 0 spiro atoms. The first kappa shape index (κ1) is 17.5. The summed E-state index contributed by atoms with van der Waals surface area (Å²) >= 11 is 17.6. The van der Waals surface area contributed by atoms with Crippen LogP contribution < -0.4 is 4.74 Å². The van der Waals surface area contributed by atoms with Crippen LogP contribution >= 0.6 is 35.4 Å². The van der Waals surface area contributed by atoms with Crippen LogP contribution in [-0.4, -0.2) is 23.0 Å². The number of ether oxygens (including phenoxy) is 1. The molecule has 0 saturated carbocycles. The van der Waals surface area contributed by atoms with E-state index in [2.05, 4.69) is 4.90 Å². The van der Waals surface area contributed by atoms with E-state index in [1.807, 2.05) is 36.4 Å². The minimum atomic E-state index is 0.441. The highest BCUT2D eigenvalue weighted by Crippen LogP contribution is 2.24. The summed E-state index contributed by atoms with van der Waals surface area (Å²) in [4.78, 5) is 3.20. The summed E-state index contributed by atoms with van der Waals surface area (Å²) in [7, 11) is 0. The Kier molecular flexibility index (Phi) is 5.99. The Bertz CT molecular complexity index is 729. The molecule has 0 amide bonds. The van der Waals surface area contributed by atoms with Gasteiger partial charge in [-0.25, -0.2) is 0 Å². The Morgan fingerprint density at radius 2 is 1.79 bits per heavy atom. The largest absolute Gasteiger partial charge is 0.489 e. The van der Waals surface area contributed by atoms with Gasteiger partial charge in [-0.3, -0.25) is 0 Å². The van der Waals surface area contributed by atoms with Gasteiger partial charge in [0.15, 0.2) is 0 Å². The second-order valence-electron chi connectivity index (χ2n) is 5.92. The lowest BCUT2D eigenvalue weighted by Gasteiger charge is -2.29. The average Bonchev–Trinajstić information content (AvgIpc) is 2.63. The van der Waals surface area contributed by atoms with Crippen LogP contribution in [0.1, 0.15) is 30.4 Å². The van der Waals surface area contributed by atoms with Crippen molar-refractivity contribution in [3.63, 3.8) is 0 Å². The molecular weight excluding hydrogens is 361 g/mol. The Hall–Kier alpha value is -1.29. The van der Waals surface area contributed by atoms with Crippen molar-refractivity contribution < 1.29 is 4.74 Å². The van der Waals surface area contributed by atoms with Crippen molar-refractivity contribution in [2.75, 3.05) is 13.1 Å². The molecule has 0 radical (unpaired) electrons. The molecule has 2 nitrogen and oxygen atoms in total. The highest BCUT2D eigenvalue weighted by Gasteiger charge is 2.15. The van der Waals surface area contributed by atoms with Crippen molar-refractivity contribution in [3.05, 3.63) is 63.6 Å². The van der Waals surface area contributed by atoms with Crippen LogP contribution in [0.25, 0.3) is 0 Å². The van der Waals surface area contributed by atoms with Crippen molar-refractivity contribution in [3.8, 4) is 5.75 Å². The van der Waals surface area contributed by atoms with Crippen molar-refractivity contribution in [2.45, 2.75) is 25.9 Å². The Morgan fingerprint density at radius 1 is 1.00 bits per heavy atom. The predicted octanol–water partition coefficient (Wildman–Crippen LogP) is 5.73. The first-order chi connectivity index (χ1) is 11.6. The van der Waals surface area contributed by atoms with E-state index in [1.54, 1.807) is 6.07 Å². The fourth-order valence-electron chi connectivity index (χ4n) is 2.79. The molecule has 0 aliphatic carbocycles. The second kappa shape index (κ2) is 8.19. The number of hydrogen-bond donors (Lipinski definition) is 0. The molecule has 1 fully saturated rings. The van der Waals surface area contributed by atoms with Crippen molar-refractivity contribution in [1.29, 1.82) is 0 Å². The maximum Gasteiger partial charge on any atom is 0.120 e. The van der Waals surface area contributed by atoms with Crippen LogP contribution in [0.3, 0.4) is 0 Å². The smallest absolute Gasteiger partial charge is 0.120 e. The Morgan fingerprint density at radius 3 is 2.54 bits per heavy atom. The van der Waals surface area contributed by atoms with Gasteiger partial charge in [0, 0.05) is 18.7 Å². The normalized spacial score (nSPS) is 14.5. The lowest BCUT2D eigenvalue weighted by Crippen LogP contribution is -2.34. The Labute approximate surface area is 158 Å². The lowest BCUT2D eigenvalue weighted by molar-refractivity contribution is 0.306. The van der Waals surface area contributed by atoms with E-state index >= 15 is 0 Å². The van der Waals surface area contributed by atoms with Crippen LogP contribution in [0.4, 0.5) is 0 Å². The fourth-order valence-corrected chi connectivity index (χ4v) is 3.42. The third kappa shape index (κ3) is 4.41. The van der Waals surface area contributed by atoms with Gasteiger partial charge in [0.1, 0.15) is 17.3 Å². The molecule has 0 aromatic heterocycles. The molecule has 2 aromatic rings. The summed E-state index contributed by atoms with van der Waals surface area (Å²) in [5, 5.41) is 1.09. The number of hydrogen-bond acceptors (Lipinski definition) is 2. The highest BCUT2D eigenvalue weighted by molar-refractivity contribution is 7.80. The molecule has 1 aliphatic rings. The molecule has 1 aliphatic heterocycles. The van der Waals surface area contributed by atoms with Gasteiger partial charge in [-0.05, 0) is 49.1 Å². The maximum atomic E-state index is 6.04. The maximum absolute atomic E-state index is 6.04. The average molecular weight is 380 g/mol. The van der Waals surface area contributed by atoms with Crippen LogP contribution in [0, 0.1) is 0 Å². The number of nitrogens with zero attached hydrogens (tertiary/aromatic N) is 1. The van der Waals surface area contributed by atoms with Crippen LogP contribution in [0.2, 0.25) is 10.0 Å². The van der Waals surface area contributed by atoms with Crippen LogP contribution in [0.15, 0.2) is 42.5 Å². The van der Waals surface area contributed by atoms with Gasteiger partial charge in [-0.1, -0.05) is 53.6 Å². The highest BCUT2D eigenvalue weighted by atomic mass is 35.5. The third-order valence-electron chi connectivity index (χ3n) is 4.11. The number of benzene rings is 2. The van der Waals surface area contributed by atoms with Crippen LogP contribution in [0.5, 0.6) is 5.75 Å². The van der Waals surface area contributed by atoms with E-state index in [-0.39, 0.29) is 0 Å². The summed E-state index contributed by atoms with van der Waals surface area (Å²) in [5.74, 6) is 0.804. The van der Waals surface area contributed by atoms with Crippen molar-refractivity contribution in [2.24, 2.45) is 0 Å². The topological polar surface area (TPSA) is 12.5 Å². The van der Waals surface area contributed by atoms with Crippen LogP contribution in [-0.2, 0) is 6.61 Å². The number of halogens is 2. The lowest BCUT2D eigenvalue weighted by atomic mass is 10.1. The molecule has 24 heavy (non-hydrogen) atoms. The summed E-state index contributed by atoms with van der Waals surface area (Å²) in [6.45, 7) is 2.54. The first-order valence-electron chi connectivity index (χ1n) is 8.09.